The van der Waals surface area contributed by atoms with Crippen molar-refractivity contribution in [1.82, 2.24) is 10.0 Å². The van der Waals surface area contributed by atoms with Gasteiger partial charge < -0.3 is 5.32 Å². The summed E-state index contributed by atoms with van der Waals surface area (Å²) >= 11 is 5.89. The van der Waals surface area contributed by atoms with E-state index in [0.29, 0.717) is 0 Å². The van der Waals surface area contributed by atoms with Crippen molar-refractivity contribution in [1.29, 1.82) is 0 Å². The van der Waals surface area contributed by atoms with Crippen LogP contribution in [-0.2, 0) is 10.0 Å². The van der Waals surface area contributed by atoms with Crippen LogP contribution in [0.1, 0.15) is 24.2 Å². The van der Waals surface area contributed by atoms with Crippen LogP contribution in [0, 0.1) is 0 Å². The largest absolute Gasteiger partial charge is 0.350 e. The van der Waals surface area contributed by atoms with Gasteiger partial charge in [-0.15, -0.1) is 0 Å². The Morgan fingerprint density at radius 1 is 1.33 bits per heavy atom. The van der Waals surface area contributed by atoms with Crippen molar-refractivity contribution in [3.63, 3.8) is 0 Å². The van der Waals surface area contributed by atoms with E-state index in [1.54, 1.807) is 13.8 Å². The molecule has 2 N–H and O–H groups in total. The maximum atomic E-state index is 11.8. The number of hydrogen-bond acceptors (Lipinski definition) is 3. The Kier molecular flexibility index (Phi) is 4.72. The maximum Gasteiger partial charge on any atom is 0.253 e. The van der Waals surface area contributed by atoms with Gasteiger partial charge in [0.15, 0.2) is 0 Å². The molecule has 0 aliphatic rings. The normalized spacial score (nSPS) is 11.6. The molecule has 1 rings (SSSR count). The highest BCUT2D eigenvalue weighted by Crippen LogP contribution is 2.20. The van der Waals surface area contributed by atoms with Crippen molar-refractivity contribution in [3.05, 3.63) is 28.8 Å². The molecule has 1 aromatic rings. The Balaban J connectivity index is 3.21. The number of carbonyl (C=O) groups excluding carboxylic acids is 1. The van der Waals surface area contributed by atoms with Gasteiger partial charge in [0.25, 0.3) is 5.91 Å². The van der Waals surface area contributed by atoms with Gasteiger partial charge in [0, 0.05) is 6.04 Å². The first-order valence-electron chi connectivity index (χ1n) is 5.32. The SMILES string of the molecule is CNS(=O)(=O)c1ccc(Cl)c(C(=O)NC(C)C)c1. The van der Waals surface area contributed by atoms with E-state index in [-0.39, 0.29) is 21.5 Å². The van der Waals surface area contributed by atoms with Gasteiger partial charge in [0.1, 0.15) is 0 Å². The Hall–Kier alpha value is -1.11. The predicted octanol–water partition coefficient (Wildman–Crippen LogP) is 1.39. The van der Waals surface area contributed by atoms with Gasteiger partial charge in [-0.25, -0.2) is 13.1 Å². The topological polar surface area (TPSA) is 75.3 Å². The molecule has 0 unspecified atom stereocenters. The Bertz CT molecular complexity index is 555. The zero-order valence-electron chi connectivity index (χ0n) is 10.3. The second kappa shape index (κ2) is 5.69. The number of halogens is 1. The average Bonchev–Trinajstić information content (AvgIpc) is 2.28. The van der Waals surface area contributed by atoms with Gasteiger partial charge >= 0.3 is 0 Å². The lowest BCUT2D eigenvalue weighted by Gasteiger charge is -2.11. The number of rotatable bonds is 4. The molecule has 0 radical (unpaired) electrons. The third-order valence-electron chi connectivity index (χ3n) is 2.18. The summed E-state index contributed by atoms with van der Waals surface area (Å²) in [6, 6.07) is 3.94. The summed E-state index contributed by atoms with van der Waals surface area (Å²) in [7, 11) is -2.28. The summed E-state index contributed by atoms with van der Waals surface area (Å²) in [6.45, 7) is 3.61. The van der Waals surface area contributed by atoms with Crippen LogP contribution >= 0.6 is 11.6 Å². The van der Waals surface area contributed by atoms with Gasteiger partial charge in [-0.05, 0) is 39.1 Å². The van der Waals surface area contributed by atoms with Crippen LogP contribution in [0.3, 0.4) is 0 Å². The van der Waals surface area contributed by atoms with Crippen LogP contribution in [0.2, 0.25) is 5.02 Å². The average molecular weight is 291 g/mol. The maximum absolute atomic E-state index is 11.8. The minimum absolute atomic E-state index is 0.00306. The van der Waals surface area contributed by atoms with Crippen molar-refractivity contribution >= 4 is 27.5 Å². The Morgan fingerprint density at radius 3 is 2.44 bits per heavy atom. The highest BCUT2D eigenvalue weighted by molar-refractivity contribution is 7.89. The monoisotopic (exact) mass is 290 g/mol. The van der Waals surface area contributed by atoms with Gasteiger partial charge in [-0.1, -0.05) is 11.6 Å². The zero-order chi connectivity index (χ0) is 13.9. The van der Waals surface area contributed by atoms with E-state index >= 15 is 0 Å². The molecule has 18 heavy (non-hydrogen) atoms. The number of carbonyl (C=O) groups is 1. The lowest BCUT2D eigenvalue weighted by Crippen LogP contribution is -2.30. The van der Waals surface area contributed by atoms with Gasteiger partial charge in [-0.2, -0.15) is 0 Å². The second-order valence-electron chi connectivity index (χ2n) is 3.98. The molecule has 7 heteroatoms. The van der Waals surface area contributed by atoms with Crippen LogP contribution in [0.15, 0.2) is 23.1 Å². The molecular weight excluding hydrogens is 276 g/mol. The van der Waals surface area contributed by atoms with E-state index in [2.05, 4.69) is 10.0 Å². The highest BCUT2D eigenvalue weighted by atomic mass is 35.5. The van der Waals surface area contributed by atoms with Crippen molar-refractivity contribution in [3.8, 4) is 0 Å². The molecule has 5 nitrogen and oxygen atoms in total. The minimum Gasteiger partial charge on any atom is -0.350 e. The molecular formula is C11H15ClN2O3S. The first-order chi connectivity index (χ1) is 8.27. The fourth-order valence-electron chi connectivity index (χ4n) is 1.30. The van der Waals surface area contributed by atoms with Crippen molar-refractivity contribution in [2.45, 2.75) is 24.8 Å². The van der Waals surface area contributed by atoms with Crippen LogP contribution in [-0.4, -0.2) is 27.4 Å². The van der Waals surface area contributed by atoms with Crippen molar-refractivity contribution in [2.24, 2.45) is 0 Å². The summed E-state index contributed by atoms with van der Waals surface area (Å²) in [4.78, 5) is 11.8. The quantitative estimate of drug-likeness (QED) is 0.880. The number of hydrogen-bond donors (Lipinski definition) is 2. The second-order valence-corrected chi connectivity index (χ2v) is 6.27. The Labute approximate surface area is 112 Å². The van der Waals surface area contributed by atoms with Crippen LogP contribution in [0.5, 0.6) is 0 Å². The first kappa shape index (κ1) is 14.9. The molecule has 0 fully saturated rings. The standard InChI is InChI=1S/C11H15ClN2O3S/c1-7(2)14-11(15)9-6-8(4-5-10(9)12)18(16,17)13-3/h4-7,13H,1-3H3,(H,14,15). The molecule has 0 saturated carbocycles. The summed E-state index contributed by atoms with van der Waals surface area (Å²) in [5, 5.41) is 2.87. The zero-order valence-corrected chi connectivity index (χ0v) is 11.9. The van der Waals surface area contributed by atoms with Crippen molar-refractivity contribution in [2.75, 3.05) is 7.05 Å². The molecule has 0 heterocycles. The Morgan fingerprint density at radius 2 is 1.94 bits per heavy atom. The van der Waals surface area contributed by atoms with Crippen LogP contribution in [0.25, 0.3) is 0 Å². The molecule has 0 aromatic heterocycles. The van der Waals surface area contributed by atoms with E-state index in [1.807, 2.05) is 0 Å². The number of amides is 1. The van der Waals surface area contributed by atoms with Gasteiger partial charge in [0.05, 0.1) is 15.5 Å². The molecule has 0 bridgehead atoms. The number of sulfonamides is 1. The van der Waals surface area contributed by atoms with E-state index in [4.69, 9.17) is 11.6 Å². The lowest BCUT2D eigenvalue weighted by atomic mass is 10.2. The summed E-state index contributed by atoms with van der Waals surface area (Å²) in [6.07, 6.45) is 0. The summed E-state index contributed by atoms with van der Waals surface area (Å²) in [5.41, 5.74) is 0.140. The van der Waals surface area contributed by atoms with Crippen molar-refractivity contribution < 1.29 is 13.2 Å². The molecule has 1 amide bonds. The predicted molar refractivity (Wildman–Crippen MR) is 70.3 cm³/mol. The third-order valence-corrected chi connectivity index (χ3v) is 3.92. The fraction of sp³-hybridized carbons (Fsp3) is 0.364. The van der Waals surface area contributed by atoms with Crippen LogP contribution < -0.4 is 10.0 Å². The summed E-state index contributed by atoms with van der Waals surface area (Å²) in [5.74, 6) is -0.400. The highest BCUT2D eigenvalue weighted by Gasteiger charge is 2.17. The van der Waals surface area contributed by atoms with E-state index < -0.39 is 15.9 Å². The fourth-order valence-corrected chi connectivity index (χ4v) is 2.26. The smallest absolute Gasteiger partial charge is 0.253 e. The van der Waals surface area contributed by atoms with E-state index in [9.17, 15) is 13.2 Å². The molecule has 1 aromatic carbocycles. The minimum atomic E-state index is -3.59. The lowest BCUT2D eigenvalue weighted by molar-refractivity contribution is 0.0943. The third kappa shape index (κ3) is 3.44. The van der Waals surface area contributed by atoms with E-state index in [1.165, 1.54) is 25.2 Å². The summed E-state index contributed by atoms with van der Waals surface area (Å²) < 4.78 is 25.4. The molecule has 0 aliphatic heterocycles. The van der Waals surface area contributed by atoms with Gasteiger partial charge in [-0.3, -0.25) is 4.79 Å². The molecule has 0 spiro atoms. The van der Waals surface area contributed by atoms with E-state index in [0.717, 1.165) is 0 Å². The van der Waals surface area contributed by atoms with Crippen LogP contribution in [0.4, 0.5) is 0 Å². The molecule has 0 atom stereocenters. The van der Waals surface area contributed by atoms with Gasteiger partial charge in [0.2, 0.25) is 10.0 Å². The molecule has 100 valence electrons. The molecule has 0 aliphatic carbocycles. The first-order valence-corrected chi connectivity index (χ1v) is 7.18. The number of benzene rings is 1. The number of nitrogens with one attached hydrogen (secondary N) is 2. The molecule has 0 saturated heterocycles.